The Hall–Kier alpha value is -0.860. The normalized spacial score (nSPS) is 28.4. The van der Waals surface area contributed by atoms with Crippen LogP contribution in [0, 0.1) is 5.41 Å². The van der Waals surface area contributed by atoms with Gasteiger partial charge in [0.1, 0.15) is 0 Å². The SMILES string of the molecule is CCC1(C)C=CC2=C(C=C1)C(C)(C)N(O)C2(C)C. The van der Waals surface area contributed by atoms with E-state index in [1.807, 2.05) is 0 Å². The predicted octanol–water partition coefficient (Wildman–Crippen LogP) is 4.09. The molecule has 0 radical (unpaired) electrons. The summed E-state index contributed by atoms with van der Waals surface area (Å²) < 4.78 is 0. The van der Waals surface area contributed by atoms with E-state index < -0.39 is 0 Å². The molecular formula is C16H25NO. The molecule has 1 heterocycles. The van der Waals surface area contributed by atoms with Gasteiger partial charge >= 0.3 is 0 Å². The highest BCUT2D eigenvalue weighted by Crippen LogP contribution is 2.47. The summed E-state index contributed by atoms with van der Waals surface area (Å²) in [5.74, 6) is 0. The lowest BCUT2D eigenvalue weighted by Gasteiger charge is -2.37. The molecule has 1 N–H and O–H groups in total. The lowest BCUT2D eigenvalue weighted by molar-refractivity contribution is -0.186. The highest BCUT2D eigenvalue weighted by Gasteiger charge is 2.49. The molecule has 100 valence electrons. The van der Waals surface area contributed by atoms with E-state index in [2.05, 4.69) is 65.8 Å². The number of nitrogens with zero attached hydrogens (tertiary/aromatic N) is 1. The Labute approximate surface area is 111 Å². The standard InChI is InChI=1S/C16H25NO/c1-7-16(6)10-8-12-13(9-11-16)15(4,5)17(18)14(12,2)3/h8-11,18H,7H2,1-6H3. The molecule has 0 atom stereocenters. The highest BCUT2D eigenvalue weighted by molar-refractivity contribution is 5.52. The maximum Gasteiger partial charge on any atom is 0.0665 e. The third-order valence-corrected chi connectivity index (χ3v) is 4.69. The zero-order valence-corrected chi connectivity index (χ0v) is 12.4. The molecule has 1 aliphatic heterocycles. The van der Waals surface area contributed by atoms with Crippen molar-refractivity contribution >= 4 is 0 Å². The van der Waals surface area contributed by atoms with E-state index in [0.717, 1.165) is 6.42 Å². The van der Waals surface area contributed by atoms with Crippen LogP contribution in [0.4, 0.5) is 0 Å². The number of hydrogen-bond acceptors (Lipinski definition) is 2. The summed E-state index contributed by atoms with van der Waals surface area (Å²) in [5, 5.41) is 11.9. The summed E-state index contributed by atoms with van der Waals surface area (Å²) >= 11 is 0. The fourth-order valence-electron chi connectivity index (χ4n) is 3.01. The van der Waals surface area contributed by atoms with E-state index in [9.17, 15) is 5.21 Å². The lowest BCUT2D eigenvalue weighted by Crippen LogP contribution is -2.48. The van der Waals surface area contributed by atoms with Crippen molar-refractivity contribution in [2.45, 2.75) is 59.0 Å². The summed E-state index contributed by atoms with van der Waals surface area (Å²) in [6, 6.07) is 0. The van der Waals surface area contributed by atoms with Gasteiger partial charge in [0, 0.05) is 5.41 Å². The number of rotatable bonds is 1. The minimum Gasteiger partial charge on any atom is -0.312 e. The third kappa shape index (κ3) is 1.70. The molecule has 2 aliphatic rings. The lowest BCUT2D eigenvalue weighted by atomic mass is 9.86. The van der Waals surface area contributed by atoms with Crippen molar-refractivity contribution in [1.29, 1.82) is 0 Å². The molecule has 2 nitrogen and oxygen atoms in total. The summed E-state index contributed by atoms with van der Waals surface area (Å²) in [7, 11) is 0. The quantitative estimate of drug-likeness (QED) is 0.754. The van der Waals surface area contributed by atoms with Crippen LogP contribution in [0.3, 0.4) is 0 Å². The van der Waals surface area contributed by atoms with Crippen LogP contribution in [-0.4, -0.2) is 21.3 Å². The Morgan fingerprint density at radius 2 is 1.33 bits per heavy atom. The van der Waals surface area contributed by atoms with Crippen molar-refractivity contribution in [3.05, 3.63) is 35.5 Å². The fourth-order valence-corrected chi connectivity index (χ4v) is 3.01. The molecule has 0 aromatic heterocycles. The van der Waals surface area contributed by atoms with E-state index in [4.69, 9.17) is 0 Å². The molecular weight excluding hydrogens is 222 g/mol. The summed E-state index contributed by atoms with van der Waals surface area (Å²) in [6.07, 6.45) is 10.0. The average molecular weight is 247 g/mol. The molecule has 2 heteroatoms. The van der Waals surface area contributed by atoms with Crippen molar-refractivity contribution < 1.29 is 5.21 Å². The van der Waals surface area contributed by atoms with Gasteiger partial charge in [-0.15, -0.1) is 0 Å². The van der Waals surface area contributed by atoms with Crippen LogP contribution < -0.4 is 0 Å². The monoisotopic (exact) mass is 247 g/mol. The Morgan fingerprint density at radius 1 is 0.944 bits per heavy atom. The Kier molecular flexibility index (Phi) is 2.88. The van der Waals surface area contributed by atoms with E-state index in [0.29, 0.717) is 0 Å². The van der Waals surface area contributed by atoms with E-state index in [1.54, 1.807) is 0 Å². The first-order valence-corrected chi connectivity index (χ1v) is 6.78. The third-order valence-electron chi connectivity index (χ3n) is 4.69. The summed E-state index contributed by atoms with van der Waals surface area (Å²) in [4.78, 5) is 0. The van der Waals surface area contributed by atoms with Crippen molar-refractivity contribution in [2.75, 3.05) is 0 Å². The second kappa shape index (κ2) is 3.82. The van der Waals surface area contributed by atoms with Crippen LogP contribution in [0.1, 0.15) is 48.0 Å². The summed E-state index contributed by atoms with van der Waals surface area (Å²) in [5.41, 5.74) is 1.90. The smallest absolute Gasteiger partial charge is 0.0665 e. The molecule has 0 fully saturated rings. The molecule has 0 amide bonds. The number of hydrogen-bond donors (Lipinski definition) is 1. The Morgan fingerprint density at radius 3 is 1.67 bits per heavy atom. The molecule has 0 bridgehead atoms. The van der Waals surface area contributed by atoms with Gasteiger partial charge in [-0.3, -0.25) is 0 Å². The van der Waals surface area contributed by atoms with E-state index >= 15 is 0 Å². The van der Waals surface area contributed by atoms with E-state index in [1.165, 1.54) is 16.2 Å². The number of hydroxylamine groups is 2. The van der Waals surface area contributed by atoms with Gasteiger partial charge < -0.3 is 5.21 Å². The zero-order chi connectivity index (χ0) is 13.8. The van der Waals surface area contributed by atoms with Gasteiger partial charge in [0.2, 0.25) is 0 Å². The highest BCUT2D eigenvalue weighted by atomic mass is 16.5. The topological polar surface area (TPSA) is 23.5 Å². The fraction of sp³-hybridized carbons (Fsp3) is 0.625. The van der Waals surface area contributed by atoms with Crippen LogP contribution in [0.5, 0.6) is 0 Å². The van der Waals surface area contributed by atoms with Gasteiger partial charge in [0.25, 0.3) is 0 Å². The molecule has 18 heavy (non-hydrogen) atoms. The van der Waals surface area contributed by atoms with Gasteiger partial charge in [-0.25, -0.2) is 0 Å². The molecule has 0 saturated carbocycles. The molecule has 0 spiro atoms. The zero-order valence-electron chi connectivity index (χ0n) is 12.4. The predicted molar refractivity (Wildman–Crippen MR) is 75.5 cm³/mol. The maximum absolute atomic E-state index is 10.4. The molecule has 0 unspecified atom stereocenters. The van der Waals surface area contributed by atoms with Crippen LogP contribution in [0.15, 0.2) is 35.5 Å². The second-order valence-electron chi connectivity index (χ2n) is 6.78. The first-order valence-electron chi connectivity index (χ1n) is 6.78. The first-order chi connectivity index (χ1) is 8.15. The molecule has 2 rings (SSSR count). The van der Waals surface area contributed by atoms with Crippen molar-refractivity contribution in [2.24, 2.45) is 5.41 Å². The molecule has 0 aromatic rings. The van der Waals surface area contributed by atoms with Crippen LogP contribution in [-0.2, 0) is 0 Å². The minimum absolute atomic E-state index is 0.122. The second-order valence-corrected chi connectivity index (χ2v) is 6.78. The molecule has 0 saturated heterocycles. The van der Waals surface area contributed by atoms with E-state index in [-0.39, 0.29) is 16.5 Å². The van der Waals surface area contributed by atoms with Gasteiger partial charge in [-0.05, 0) is 45.3 Å². The van der Waals surface area contributed by atoms with Gasteiger partial charge in [-0.1, -0.05) is 38.2 Å². The maximum atomic E-state index is 10.4. The Balaban J connectivity index is 2.56. The number of allylic oxidation sites excluding steroid dienone is 2. The summed E-state index contributed by atoms with van der Waals surface area (Å²) in [6.45, 7) is 12.8. The minimum atomic E-state index is -0.335. The average Bonchev–Trinajstić information content (AvgIpc) is 2.47. The van der Waals surface area contributed by atoms with Crippen LogP contribution in [0.2, 0.25) is 0 Å². The molecule has 1 aliphatic carbocycles. The van der Waals surface area contributed by atoms with Crippen molar-refractivity contribution in [1.82, 2.24) is 5.06 Å². The van der Waals surface area contributed by atoms with Crippen molar-refractivity contribution in [3.63, 3.8) is 0 Å². The molecule has 0 aromatic carbocycles. The van der Waals surface area contributed by atoms with Crippen molar-refractivity contribution in [3.8, 4) is 0 Å². The van der Waals surface area contributed by atoms with Crippen LogP contribution in [0.25, 0.3) is 0 Å². The first kappa shape index (κ1) is 13.6. The Bertz CT molecular complexity index is 416. The van der Waals surface area contributed by atoms with Gasteiger partial charge in [0.05, 0.1) is 11.1 Å². The van der Waals surface area contributed by atoms with Gasteiger partial charge in [0.15, 0.2) is 0 Å². The largest absolute Gasteiger partial charge is 0.312 e. The van der Waals surface area contributed by atoms with Crippen LogP contribution >= 0.6 is 0 Å². The van der Waals surface area contributed by atoms with Gasteiger partial charge in [-0.2, -0.15) is 5.06 Å².